The van der Waals surface area contributed by atoms with E-state index in [2.05, 4.69) is 10.6 Å². The van der Waals surface area contributed by atoms with E-state index in [0.29, 0.717) is 30.6 Å². The Morgan fingerprint density at radius 1 is 1.06 bits per heavy atom. The molecular weight excluding hydrogens is 445 g/mol. The van der Waals surface area contributed by atoms with E-state index in [4.69, 9.17) is 0 Å². The first-order valence-corrected chi connectivity index (χ1v) is 12.8. The number of hydrogen-bond donors (Lipinski definition) is 2. The zero-order chi connectivity index (χ0) is 23.8. The molecule has 2 aromatic rings. The number of rotatable bonds is 9. The maximum absolute atomic E-state index is 13.9. The van der Waals surface area contributed by atoms with Crippen molar-refractivity contribution in [3.8, 4) is 0 Å². The molecule has 2 N–H and O–H groups in total. The first-order chi connectivity index (χ1) is 15.8. The molecule has 1 fully saturated rings. The number of unbranched alkanes of at least 4 members (excludes halogenated alkanes) is 1. The lowest BCUT2D eigenvalue weighted by Gasteiger charge is -2.30. The molecule has 0 aliphatic carbocycles. The summed E-state index contributed by atoms with van der Waals surface area (Å²) in [4.78, 5) is 25.3. The van der Waals surface area contributed by atoms with Crippen LogP contribution in [-0.2, 0) is 20.6 Å². The average Bonchev–Trinajstić information content (AvgIpc) is 2.81. The minimum atomic E-state index is -3.69. The van der Waals surface area contributed by atoms with Crippen LogP contribution < -0.4 is 10.6 Å². The Balaban J connectivity index is 1.58. The zero-order valence-corrected chi connectivity index (χ0v) is 19.5. The summed E-state index contributed by atoms with van der Waals surface area (Å²) in [5.74, 6) is -1.81. The Labute approximate surface area is 194 Å². The van der Waals surface area contributed by atoms with Gasteiger partial charge in [0.15, 0.2) is 0 Å². The van der Waals surface area contributed by atoms with Crippen LogP contribution in [0.5, 0.6) is 0 Å². The van der Waals surface area contributed by atoms with Crippen molar-refractivity contribution in [2.75, 3.05) is 25.0 Å². The first-order valence-electron chi connectivity index (χ1n) is 11.2. The quantitative estimate of drug-likeness (QED) is 0.543. The summed E-state index contributed by atoms with van der Waals surface area (Å²) in [6.07, 6.45) is 2.55. The molecule has 0 spiro atoms. The van der Waals surface area contributed by atoms with E-state index in [1.807, 2.05) is 6.92 Å². The fourth-order valence-electron chi connectivity index (χ4n) is 3.80. The number of carbonyl (C=O) groups is 2. The highest BCUT2D eigenvalue weighted by Gasteiger charge is 2.32. The second kappa shape index (κ2) is 11.4. The molecule has 0 unspecified atom stereocenters. The van der Waals surface area contributed by atoms with Crippen molar-refractivity contribution in [2.45, 2.75) is 38.4 Å². The van der Waals surface area contributed by atoms with Crippen molar-refractivity contribution in [1.29, 1.82) is 0 Å². The fourth-order valence-corrected chi connectivity index (χ4v) is 5.38. The van der Waals surface area contributed by atoms with Crippen LogP contribution in [0.3, 0.4) is 0 Å². The number of piperidine rings is 1. The van der Waals surface area contributed by atoms with E-state index in [0.717, 1.165) is 12.8 Å². The topological polar surface area (TPSA) is 95.6 Å². The number of para-hydroxylation sites is 1. The van der Waals surface area contributed by atoms with Gasteiger partial charge in [-0.1, -0.05) is 43.7 Å². The molecule has 0 aromatic heterocycles. The molecule has 33 heavy (non-hydrogen) atoms. The summed E-state index contributed by atoms with van der Waals surface area (Å²) in [6, 6.07) is 12.6. The largest absolute Gasteiger partial charge is 0.352 e. The second-order valence-electron chi connectivity index (χ2n) is 8.17. The zero-order valence-electron chi connectivity index (χ0n) is 18.7. The molecule has 2 aromatic carbocycles. The minimum Gasteiger partial charge on any atom is -0.352 e. The summed E-state index contributed by atoms with van der Waals surface area (Å²) in [5.41, 5.74) is 0.962. The lowest BCUT2D eigenvalue weighted by molar-refractivity contribution is -0.120. The Hall–Kier alpha value is -2.78. The van der Waals surface area contributed by atoms with Gasteiger partial charge in [-0.2, -0.15) is 0 Å². The first kappa shape index (κ1) is 24.9. The van der Waals surface area contributed by atoms with E-state index < -0.39 is 21.6 Å². The van der Waals surface area contributed by atoms with Gasteiger partial charge in [-0.3, -0.25) is 9.59 Å². The van der Waals surface area contributed by atoms with Gasteiger partial charge in [-0.15, -0.1) is 0 Å². The predicted octanol–water partition coefficient (Wildman–Crippen LogP) is 3.54. The molecule has 9 heteroatoms. The molecule has 0 atom stereocenters. The highest BCUT2D eigenvalue weighted by Crippen LogP contribution is 2.24. The van der Waals surface area contributed by atoms with Crippen LogP contribution in [0.1, 0.15) is 48.5 Å². The second-order valence-corrected chi connectivity index (χ2v) is 10.1. The third-order valence-electron chi connectivity index (χ3n) is 5.76. The number of hydrogen-bond acceptors (Lipinski definition) is 4. The highest BCUT2D eigenvalue weighted by molar-refractivity contribution is 7.88. The number of benzene rings is 2. The lowest BCUT2D eigenvalue weighted by atomic mass is 9.97. The summed E-state index contributed by atoms with van der Waals surface area (Å²) >= 11 is 0. The van der Waals surface area contributed by atoms with Gasteiger partial charge in [0.2, 0.25) is 15.9 Å². The van der Waals surface area contributed by atoms with Gasteiger partial charge < -0.3 is 10.6 Å². The maximum Gasteiger partial charge on any atom is 0.253 e. The summed E-state index contributed by atoms with van der Waals surface area (Å²) in [7, 11) is -3.69. The highest BCUT2D eigenvalue weighted by atomic mass is 32.2. The molecule has 1 saturated heterocycles. The van der Waals surface area contributed by atoms with Gasteiger partial charge >= 0.3 is 0 Å². The maximum atomic E-state index is 13.9. The number of nitrogens with one attached hydrogen (secondary N) is 2. The van der Waals surface area contributed by atoms with Crippen molar-refractivity contribution in [1.82, 2.24) is 9.62 Å². The molecule has 1 aliphatic heterocycles. The molecular formula is C24H30FN3O4S. The van der Waals surface area contributed by atoms with E-state index in [-0.39, 0.29) is 36.4 Å². The van der Waals surface area contributed by atoms with Crippen molar-refractivity contribution in [2.24, 2.45) is 5.92 Å². The van der Waals surface area contributed by atoms with E-state index >= 15 is 0 Å². The number of carbonyl (C=O) groups excluding carboxylic acids is 2. The Bertz CT molecular complexity index is 1080. The molecule has 1 heterocycles. The van der Waals surface area contributed by atoms with Crippen LogP contribution in [0.4, 0.5) is 10.1 Å². The summed E-state index contributed by atoms with van der Waals surface area (Å²) in [5, 5.41) is 5.68. The monoisotopic (exact) mass is 475 g/mol. The number of amides is 2. The number of anilines is 1. The van der Waals surface area contributed by atoms with Gasteiger partial charge in [0.05, 0.1) is 17.0 Å². The van der Waals surface area contributed by atoms with Crippen molar-refractivity contribution in [3.63, 3.8) is 0 Å². The molecule has 1 aliphatic rings. The molecule has 0 saturated carbocycles. The Morgan fingerprint density at radius 3 is 2.42 bits per heavy atom. The molecule has 178 valence electrons. The van der Waals surface area contributed by atoms with Gasteiger partial charge in [0, 0.05) is 31.1 Å². The molecule has 7 nitrogen and oxygen atoms in total. The standard InChI is InChI=1S/C24H30FN3O4S/c1-2-3-14-26-24(30)20-9-5-7-11-22(20)27-23(29)18-12-15-28(16-13-18)33(31,32)17-19-8-4-6-10-21(19)25/h4-11,18H,2-3,12-17H2,1H3,(H,26,30)(H,27,29). The molecule has 3 rings (SSSR count). The SMILES string of the molecule is CCCCNC(=O)c1ccccc1NC(=O)C1CCN(S(=O)(=O)Cc2ccccc2F)CC1. The predicted molar refractivity (Wildman–Crippen MR) is 126 cm³/mol. The van der Waals surface area contributed by atoms with Crippen LogP contribution in [0, 0.1) is 11.7 Å². The van der Waals surface area contributed by atoms with Crippen molar-refractivity contribution in [3.05, 3.63) is 65.5 Å². The van der Waals surface area contributed by atoms with E-state index in [9.17, 15) is 22.4 Å². The van der Waals surface area contributed by atoms with Gasteiger partial charge in [0.25, 0.3) is 5.91 Å². The average molecular weight is 476 g/mol. The van der Waals surface area contributed by atoms with Crippen molar-refractivity contribution >= 4 is 27.5 Å². The minimum absolute atomic E-state index is 0.131. The number of nitrogens with zero attached hydrogens (tertiary/aromatic N) is 1. The van der Waals surface area contributed by atoms with Crippen molar-refractivity contribution < 1.29 is 22.4 Å². The van der Waals surface area contributed by atoms with Crippen LogP contribution in [0.25, 0.3) is 0 Å². The molecule has 2 amide bonds. The van der Waals surface area contributed by atoms with Gasteiger partial charge in [-0.05, 0) is 37.5 Å². The van der Waals surface area contributed by atoms with E-state index in [1.54, 1.807) is 30.3 Å². The Morgan fingerprint density at radius 2 is 1.73 bits per heavy atom. The van der Waals surface area contributed by atoms with Gasteiger partial charge in [-0.25, -0.2) is 17.1 Å². The van der Waals surface area contributed by atoms with E-state index in [1.165, 1.54) is 22.5 Å². The normalized spacial score (nSPS) is 15.2. The lowest BCUT2D eigenvalue weighted by Crippen LogP contribution is -2.42. The molecule has 0 bridgehead atoms. The Kier molecular flexibility index (Phi) is 8.57. The fraction of sp³-hybridized carbons (Fsp3) is 0.417. The van der Waals surface area contributed by atoms with Crippen LogP contribution in [0.15, 0.2) is 48.5 Å². The van der Waals surface area contributed by atoms with Crippen LogP contribution in [-0.4, -0.2) is 44.2 Å². The number of sulfonamides is 1. The third-order valence-corrected chi connectivity index (χ3v) is 7.59. The summed E-state index contributed by atoms with van der Waals surface area (Å²) in [6.45, 7) is 2.98. The summed E-state index contributed by atoms with van der Waals surface area (Å²) < 4.78 is 40.6. The third kappa shape index (κ3) is 6.61. The van der Waals surface area contributed by atoms with Crippen LogP contribution in [0.2, 0.25) is 0 Å². The van der Waals surface area contributed by atoms with Crippen LogP contribution >= 0.6 is 0 Å². The van der Waals surface area contributed by atoms with Gasteiger partial charge in [0.1, 0.15) is 5.82 Å². The molecule has 0 radical (unpaired) electrons. The smallest absolute Gasteiger partial charge is 0.253 e. The number of halogens is 1.